The third-order valence-electron chi connectivity index (χ3n) is 5.91. The van der Waals surface area contributed by atoms with Crippen molar-refractivity contribution in [3.05, 3.63) is 30.3 Å². The van der Waals surface area contributed by atoms with Crippen LogP contribution in [0.2, 0.25) is 0 Å². The number of para-hydroxylation sites is 1. The maximum Gasteiger partial charge on any atom is 0.224 e. The highest BCUT2D eigenvalue weighted by atomic mass is 127. The lowest BCUT2D eigenvalue weighted by Crippen LogP contribution is -2.49. The summed E-state index contributed by atoms with van der Waals surface area (Å²) in [5, 5.41) is 6.60. The van der Waals surface area contributed by atoms with Crippen molar-refractivity contribution in [2.75, 3.05) is 77.0 Å². The first kappa shape index (κ1) is 26.7. The molecule has 180 valence electrons. The van der Waals surface area contributed by atoms with Gasteiger partial charge in [-0.1, -0.05) is 18.2 Å². The fourth-order valence-electron chi connectivity index (χ4n) is 4.00. The van der Waals surface area contributed by atoms with Crippen LogP contribution in [0.25, 0.3) is 0 Å². The molecule has 0 radical (unpaired) electrons. The molecule has 8 nitrogen and oxygen atoms in total. The molecular weight excluding hydrogens is 519 g/mol. The van der Waals surface area contributed by atoms with E-state index in [1.807, 2.05) is 11.0 Å². The van der Waals surface area contributed by atoms with Gasteiger partial charge in [0.05, 0.1) is 19.8 Å². The van der Waals surface area contributed by atoms with Crippen molar-refractivity contribution in [1.29, 1.82) is 0 Å². The molecule has 2 fully saturated rings. The molecule has 32 heavy (non-hydrogen) atoms. The summed E-state index contributed by atoms with van der Waals surface area (Å²) in [6.07, 6.45) is 0.481. The maximum atomic E-state index is 12.6. The Kier molecular flexibility index (Phi) is 12.1. The maximum absolute atomic E-state index is 12.6. The summed E-state index contributed by atoms with van der Waals surface area (Å²) < 4.78 is 5.43. The Labute approximate surface area is 209 Å². The second kappa shape index (κ2) is 14.5. The lowest BCUT2D eigenvalue weighted by atomic mass is 10.2. The first-order valence-electron chi connectivity index (χ1n) is 11.6. The Hall–Kier alpha value is -1.59. The number of guanidine groups is 1. The summed E-state index contributed by atoms with van der Waals surface area (Å²) in [6.45, 7) is 13.2. The fraction of sp³-hybridized carbons (Fsp3) is 0.652. The Balaban J connectivity index is 0.00000363. The third kappa shape index (κ3) is 8.40. The number of carbonyl (C=O) groups excluding carboxylic acids is 1. The minimum atomic E-state index is 0. The zero-order chi connectivity index (χ0) is 21.9. The average Bonchev–Trinajstić information content (AvgIpc) is 2.83. The Morgan fingerprint density at radius 3 is 2.41 bits per heavy atom. The van der Waals surface area contributed by atoms with Crippen LogP contribution in [0.15, 0.2) is 35.3 Å². The summed E-state index contributed by atoms with van der Waals surface area (Å²) in [5.41, 5.74) is 1.23. The van der Waals surface area contributed by atoms with Crippen LogP contribution in [-0.4, -0.2) is 99.8 Å². The molecule has 1 atom stereocenters. The number of rotatable bonds is 8. The Morgan fingerprint density at radius 2 is 1.75 bits per heavy atom. The molecule has 2 aliphatic heterocycles. The molecule has 0 bridgehead atoms. The van der Waals surface area contributed by atoms with Gasteiger partial charge in [-0.15, -0.1) is 24.0 Å². The molecule has 3 rings (SSSR count). The minimum Gasteiger partial charge on any atom is -0.379 e. The number of halogens is 1. The second-order valence-corrected chi connectivity index (χ2v) is 8.10. The van der Waals surface area contributed by atoms with Crippen molar-refractivity contribution in [2.45, 2.75) is 26.3 Å². The van der Waals surface area contributed by atoms with Gasteiger partial charge in [0.25, 0.3) is 0 Å². The molecule has 2 N–H and O–H groups in total. The molecule has 2 aliphatic rings. The van der Waals surface area contributed by atoms with Crippen molar-refractivity contribution in [3.8, 4) is 0 Å². The van der Waals surface area contributed by atoms with Crippen molar-refractivity contribution < 1.29 is 9.53 Å². The van der Waals surface area contributed by atoms with Crippen LogP contribution in [0, 0.1) is 0 Å². The SMILES string of the molecule is CCNC(=NCC(C)N1CCOCC1)NCCC(=O)N1CCN(c2ccccc2)CC1.I. The quantitative estimate of drug-likeness (QED) is 0.287. The lowest BCUT2D eigenvalue weighted by Gasteiger charge is -2.36. The monoisotopic (exact) mass is 558 g/mol. The summed E-state index contributed by atoms with van der Waals surface area (Å²) in [7, 11) is 0. The van der Waals surface area contributed by atoms with E-state index < -0.39 is 0 Å². The standard InChI is InChI=1S/C23H38N6O2.HI/c1-3-24-23(26-19-20(2)27-15-17-31-18-16-27)25-10-9-22(30)29-13-11-28(12-14-29)21-7-5-4-6-8-21;/h4-8,20H,3,9-19H2,1-2H3,(H2,24,25,26);1H. The van der Waals surface area contributed by atoms with Gasteiger partial charge in [-0.25, -0.2) is 0 Å². The van der Waals surface area contributed by atoms with Gasteiger partial charge in [-0.2, -0.15) is 0 Å². The highest BCUT2D eigenvalue weighted by Crippen LogP contribution is 2.15. The lowest BCUT2D eigenvalue weighted by molar-refractivity contribution is -0.131. The van der Waals surface area contributed by atoms with Crippen LogP contribution >= 0.6 is 24.0 Å². The van der Waals surface area contributed by atoms with Gasteiger partial charge in [0, 0.05) is 70.5 Å². The molecule has 2 saturated heterocycles. The normalized spacial score (nSPS) is 18.6. The van der Waals surface area contributed by atoms with E-state index in [1.54, 1.807) is 0 Å². The van der Waals surface area contributed by atoms with Crippen molar-refractivity contribution >= 4 is 41.5 Å². The molecule has 1 unspecified atom stereocenters. The number of benzene rings is 1. The van der Waals surface area contributed by atoms with E-state index in [2.05, 4.69) is 58.5 Å². The van der Waals surface area contributed by atoms with Crippen LogP contribution < -0.4 is 15.5 Å². The molecule has 0 aromatic heterocycles. The second-order valence-electron chi connectivity index (χ2n) is 8.10. The number of anilines is 1. The van der Waals surface area contributed by atoms with Gasteiger partial charge in [0.1, 0.15) is 0 Å². The van der Waals surface area contributed by atoms with E-state index in [1.165, 1.54) is 5.69 Å². The molecule has 1 amide bonds. The van der Waals surface area contributed by atoms with E-state index in [0.717, 1.165) is 71.5 Å². The van der Waals surface area contributed by atoms with Gasteiger partial charge in [0.15, 0.2) is 5.96 Å². The Bertz CT molecular complexity index is 691. The molecule has 1 aromatic carbocycles. The van der Waals surface area contributed by atoms with E-state index in [4.69, 9.17) is 9.73 Å². The predicted molar refractivity (Wildman–Crippen MR) is 141 cm³/mol. The van der Waals surface area contributed by atoms with Gasteiger partial charge in [-0.3, -0.25) is 14.7 Å². The highest BCUT2D eigenvalue weighted by molar-refractivity contribution is 14.0. The number of morpholine rings is 1. The summed E-state index contributed by atoms with van der Waals surface area (Å²) >= 11 is 0. The first-order chi connectivity index (χ1) is 15.2. The number of ether oxygens (including phenoxy) is 1. The number of hydrogen-bond donors (Lipinski definition) is 2. The number of amides is 1. The molecule has 1 aromatic rings. The largest absolute Gasteiger partial charge is 0.379 e. The minimum absolute atomic E-state index is 0. The summed E-state index contributed by atoms with van der Waals surface area (Å²) in [6, 6.07) is 10.8. The molecule has 2 heterocycles. The van der Waals surface area contributed by atoms with Crippen LogP contribution in [0.5, 0.6) is 0 Å². The molecule has 0 spiro atoms. The number of carbonyl (C=O) groups is 1. The Morgan fingerprint density at radius 1 is 1.06 bits per heavy atom. The van der Waals surface area contributed by atoms with Crippen LogP contribution in [0.3, 0.4) is 0 Å². The zero-order valence-electron chi connectivity index (χ0n) is 19.5. The molecule has 9 heteroatoms. The van der Waals surface area contributed by atoms with Gasteiger partial charge >= 0.3 is 0 Å². The fourth-order valence-corrected chi connectivity index (χ4v) is 4.00. The van der Waals surface area contributed by atoms with E-state index >= 15 is 0 Å². The number of aliphatic imine (C=N–C) groups is 1. The van der Waals surface area contributed by atoms with Crippen molar-refractivity contribution in [3.63, 3.8) is 0 Å². The zero-order valence-corrected chi connectivity index (χ0v) is 21.8. The van der Waals surface area contributed by atoms with Gasteiger partial charge < -0.3 is 25.2 Å². The van der Waals surface area contributed by atoms with Gasteiger partial charge in [-0.05, 0) is 26.0 Å². The van der Waals surface area contributed by atoms with E-state index in [-0.39, 0.29) is 29.9 Å². The van der Waals surface area contributed by atoms with Gasteiger partial charge in [0.2, 0.25) is 5.91 Å². The smallest absolute Gasteiger partial charge is 0.224 e. The average molecular weight is 559 g/mol. The molecular formula is C23H39IN6O2. The highest BCUT2D eigenvalue weighted by Gasteiger charge is 2.21. The summed E-state index contributed by atoms with van der Waals surface area (Å²) in [5.74, 6) is 0.988. The van der Waals surface area contributed by atoms with Crippen molar-refractivity contribution in [2.24, 2.45) is 4.99 Å². The van der Waals surface area contributed by atoms with E-state index in [0.29, 0.717) is 19.0 Å². The molecule has 0 aliphatic carbocycles. The van der Waals surface area contributed by atoms with Crippen LogP contribution in [-0.2, 0) is 9.53 Å². The number of nitrogens with one attached hydrogen (secondary N) is 2. The topological polar surface area (TPSA) is 72.4 Å². The van der Waals surface area contributed by atoms with Crippen LogP contribution in [0.4, 0.5) is 5.69 Å². The first-order valence-corrected chi connectivity index (χ1v) is 11.6. The number of hydrogen-bond acceptors (Lipinski definition) is 5. The molecule has 0 saturated carbocycles. The number of nitrogens with zero attached hydrogens (tertiary/aromatic N) is 4. The summed E-state index contributed by atoms with van der Waals surface area (Å²) in [4.78, 5) is 24.1. The van der Waals surface area contributed by atoms with E-state index in [9.17, 15) is 4.79 Å². The number of piperazine rings is 1. The van der Waals surface area contributed by atoms with Crippen molar-refractivity contribution in [1.82, 2.24) is 20.4 Å². The van der Waals surface area contributed by atoms with Crippen LogP contribution in [0.1, 0.15) is 20.3 Å². The third-order valence-corrected chi connectivity index (χ3v) is 5.91. The predicted octanol–water partition coefficient (Wildman–Crippen LogP) is 1.62.